The molecule has 1 atom stereocenters. The van der Waals surface area contributed by atoms with E-state index in [1.807, 2.05) is 24.3 Å². The minimum absolute atomic E-state index is 0.0421. The molecule has 0 radical (unpaired) electrons. The van der Waals surface area contributed by atoms with E-state index in [4.69, 9.17) is 9.47 Å². The molecule has 0 spiro atoms. The molecule has 2 aromatic carbocycles. The van der Waals surface area contributed by atoms with Crippen LogP contribution in [-0.2, 0) is 21.4 Å². The summed E-state index contributed by atoms with van der Waals surface area (Å²) in [5.41, 5.74) is 4.87. The van der Waals surface area contributed by atoms with E-state index >= 15 is 0 Å². The van der Waals surface area contributed by atoms with Crippen molar-refractivity contribution >= 4 is 45.3 Å². The molecule has 5 aliphatic rings. The van der Waals surface area contributed by atoms with Gasteiger partial charge in [0.1, 0.15) is 35.2 Å². The van der Waals surface area contributed by atoms with Crippen LogP contribution in [0.3, 0.4) is 0 Å². The summed E-state index contributed by atoms with van der Waals surface area (Å²) >= 11 is 0. The monoisotopic (exact) mass is 802 g/mol. The van der Waals surface area contributed by atoms with E-state index in [1.54, 1.807) is 22.5 Å². The van der Waals surface area contributed by atoms with E-state index in [9.17, 15) is 14.4 Å². The average Bonchev–Trinajstić information content (AvgIpc) is 3.73. The second-order valence-electron chi connectivity index (χ2n) is 17.7. The van der Waals surface area contributed by atoms with E-state index in [2.05, 4.69) is 65.3 Å². The highest BCUT2D eigenvalue weighted by Gasteiger charge is 2.40. The van der Waals surface area contributed by atoms with E-state index in [-0.39, 0.29) is 29.7 Å². The number of carbonyl (C=O) groups is 2. The number of fused-ring (bicyclic) bond motifs is 2. The first-order valence-corrected chi connectivity index (χ1v) is 21.6. The highest BCUT2D eigenvalue weighted by molar-refractivity contribution is 6.00. The fraction of sp³-hybridized carbons (Fsp3) is 0.545. The minimum atomic E-state index is -0.690. The summed E-state index contributed by atoms with van der Waals surface area (Å²) in [5.74, 6) is 1.80. The van der Waals surface area contributed by atoms with Gasteiger partial charge in [-0.2, -0.15) is 5.10 Å². The number of ether oxygens (including phenoxy) is 2. The van der Waals surface area contributed by atoms with E-state index < -0.39 is 11.9 Å². The lowest BCUT2D eigenvalue weighted by Crippen LogP contribution is -2.48. The van der Waals surface area contributed by atoms with Crippen molar-refractivity contribution in [3.63, 3.8) is 0 Å². The summed E-state index contributed by atoms with van der Waals surface area (Å²) in [6.45, 7) is 8.87. The predicted molar refractivity (Wildman–Crippen MR) is 225 cm³/mol. The number of anilines is 2. The summed E-state index contributed by atoms with van der Waals surface area (Å²) in [6, 6.07) is 13.4. The molecule has 10 rings (SSSR count). The van der Waals surface area contributed by atoms with Crippen LogP contribution in [0.4, 0.5) is 11.5 Å². The van der Waals surface area contributed by atoms with E-state index in [1.165, 1.54) is 12.8 Å². The van der Waals surface area contributed by atoms with Crippen LogP contribution in [0.15, 0.2) is 53.6 Å². The number of hydrogen-bond acceptors (Lipinski definition) is 11. The number of nitrogens with one attached hydrogen (secondary N) is 2. The lowest BCUT2D eigenvalue weighted by Gasteiger charge is -2.39. The maximum atomic E-state index is 13.4. The zero-order chi connectivity index (χ0) is 40.3. The molecule has 2 N–H and O–H groups in total. The Hall–Kier alpha value is -5.28. The zero-order valence-electron chi connectivity index (χ0n) is 34.1. The first-order chi connectivity index (χ1) is 28.7. The third-order valence-corrected chi connectivity index (χ3v) is 13.5. The molecule has 15 heteroatoms. The van der Waals surface area contributed by atoms with Crippen LogP contribution in [0, 0.1) is 5.92 Å². The topological polar surface area (TPSA) is 156 Å². The lowest BCUT2D eigenvalue weighted by molar-refractivity contribution is -0.135. The average molecular weight is 803 g/mol. The highest BCUT2D eigenvalue weighted by Crippen LogP contribution is 2.41. The molecule has 5 fully saturated rings. The first kappa shape index (κ1) is 38.0. The largest absolute Gasteiger partial charge is 0.488 e. The first-order valence-electron chi connectivity index (χ1n) is 21.6. The van der Waals surface area contributed by atoms with Gasteiger partial charge in [0.25, 0.3) is 0 Å². The number of nitrogens with zero attached hydrogens (tertiary/aromatic N) is 8. The number of aromatic amines is 1. The molecule has 2 saturated carbocycles. The van der Waals surface area contributed by atoms with Gasteiger partial charge in [0, 0.05) is 70.7 Å². The van der Waals surface area contributed by atoms with E-state index in [0.717, 1.165) is 135 Å². The molecule has 1 unspecified atom stereocenters. The lowest BCUT2D eigenvalue weighted by atomic mass is 9.86. The quantitative estimate of drug-likeness (QED) is 0.184. The Labute approximate surface area is 343 Å². The van der Waals surface area contributed by atoms with Crippen LogP contribution in [0.2, 0.25) is 0 Å². The van der Waals surface area contributed by atoms with Gasteiger partial charge in [0.2, 0.25) is 11.8 Å². The summed E-state index contributed by atoms with van der Waals surface area (Å²) in [6.07, 6.45) is 11.4. The van der Waals surface area contributed by atoms with Gasteiger partial charge in [-0.15, -0.1) is 0 Å². The van der Waals surface area contributed by atoms with Crippen molar-refractivity contribution in [2.24, 2.45) is 13.0 Å². The fourth-order valence-corrected chi connectivity index (χ4v) is 9.85. The second-order valence-corrected chi connectivity index (χ2v) is 17.7. The Balaban J connectivity index is 0.689. The third-order valence-electron chi connectivity index (χ3n) is 13.5. The molecular weight excluding hydrogens is 749 g/mol. The summed E-state index contributed by atoms with van der Waals surface area (Å²) in [7, 11) is 1.77. The Morgan fingerprint density at radius 1 is 0.847 bits per heavy atom. The highest BCUT2D eigenvalue weighted by atomic mass is 16.5. The summed E-state index contributed by atoms with van der Waals surface area (Å²) in [5, 5.41) is 11.2. The number of aryl methyl sites for hydroxylation is 1. The maximum absolute atomic E-state index is 13.4. The Morgan fingerprint density at radius 2 is 1.63 bits per heavy atom. The number of carbonyl (C=O) groups excluding carboxylic acids is 2. The Bertz CT molecular complexity index is 2430. The minimum Gasteiger partial charge on any atom is -0.488 e. The number of aromatic nitrogens is 6. The molecule has 3 aromatic heterocycles. The van der Waals surface area contributed by atoms with Crippen molar-refractivity contribution in [2.75, 3.05) is 55.6 Å². The molecule has 5 aromatic rings. The molecule has 2 aliphatic carbocycles. The molecule has 3 aliphatic heterocycles. The van der Waals surface area contributed by atoms with Crippen molar-refractivity contribution in [3.8, 4) is 17.1 Å². The van der Waals surface area contributed by atoms with Gasteiger partial charge in [0.05, 0.1) is 40.1 Å². The molecule has 15 nitrogen and oxygen atoms in total. The van der Waals surface area contributed by atoms with Crippen LogP contribution in [0.5, 0.6) is 5.75 Å². The van der Waals surface area contributed by atoms with Gasteiger partial charge in [-0.1, -0.05) is 6.07 Å². The number of piperidine rings is 2. The second kappa shape index (κ2) is 15.4. The van der Waals surface area contributed by atoms with Gasteiger partial charge in [-0.25, -0.2) is 14.8 Å². The Morgan fingerprint density at radius 3 is 2.39 bits per heavy atom. The van der Waals surface area contributed by atoms with Gasteiger partial charge in [-0.05, 0) is 101 Å². The number of amides is 2. The van der Waals surface area contributed by atoms with Crippen molar-refractivity contribution in [1.82, 2.24) is 39.5 Å². The van der Waals surface area contributed by atoms with Gasteiger partial charge in [-0.3, -0.25) is 34.0 Å². The molecule has 310 valence electrons. The van der Waals surface area contributed by atoms with Crippen LogP contribution < -0.4 is 25.5 Å². The van der Waals surface area contributed by atoms with Crippen LogP contribution in [0.1, 0.15) is 77.2 Å². The zero-order valence-corrected chi connectivity index (χ0v) is 34.1. The maximum Gasteiger partial charge on any atom is 0.329 e. The number of rotatable bonds is 10. The number of hydrogen-bond donors (Lipinski definition) is 2. The molecule has 3 saturated heterocycles. The fourth-order valence-electron chi connectivity index (χ4n) is 9.85. The number of piperazine rings is 1. The van der Waals surface area contributed by atoms with Crippen LogP contribution in [0.25, 0.3) is 33.3 Å². The van der Waals surface area contributed by atoms with Crippen molar-refractivity contribution in [2.45, 2.75) is 95.0 Å². The van der Waals surface area contributed by atoms with Gasteiger partial charge in [0.15, 0.2) is 0 Å². The summed E-state index contributed by atoms with van der Waals surface area (Å²) < 4.78 is 16.2. The normalized spacial score (nSPS) is 24.2. The number of imidazole rings is 1. The SMILES string of the molecule is Cn1c(=O)n(C2CCC(=O)NC2=O)c2cccc(N3CCC(OC4CCC(CN5CCN(c6cc(-c7n[nH]c8ccc(OC9(C)CC9)cc78)ncn6)CC5)CC4)CC3)c21. The van der Waals surface area contributed by atoms with Gasteiger partial charge < -0.3 is 19.3 Å². The standard InChI is InChI=1S/C44H54N10O5/c1-44(16-17-44)59-31-10-11-33-32(24-31)40(49-48-33)34-25-38(46-27-45-34)53-22-20-51(21-23-53)26-28-6-8-29(9-7-28)58-30-14-18-52(19-15-30)35-4-3-5-36-41(35)50(2)43(57)54(36)37-12-13-39(55)47-42(37)56/h3-5,10-11,24-25,27-30,37H,6-9,12-23,26H2,1-2H3,(H,48,49)(H,47,55,56). The van der Waals surface area contributed by atoms with Gasteiger partial charge >= 0.3 is 5.69 Å². The predicted octanol–water partition coefficient (Wildman–Crippen LogP) is 4.95. The number of imide groups is 1. The van der Waals surface area contributed by atoms with E-state index in [0.29, 0.717) is 18.4 Å². The van der Waals surface area contributed by atoms with Crippen LogP contribution >= 0.6 is 0 Å². The number of H-pyrrole nitrogens is 1. The molecule has 6 heterocycles. The smallest absolute Gasteiger partial charge is 0.329 e. The number of benzene rings is 2. The molecule has 2 amide bonds. The van der Waals surface area contributed by atoms with Crippen molar-refractivity contribution < 1.29 is 19.1 Å². The third kappa shape index (κ3) is 7.58. The Kier molecular flexibility index (Phi) is 9.90. The summed E-state index contributed by atoms with van der Waals surface area (Å²) in [4.78, 5) is 54.6. The van der Waals surface area contributed by atoms with Crippen LogP contribution in [-0.4, -0.2) is 110 Å². The van der Waals surface area contributed by atoms with Crippen molar-refractivity contribution in [3.05, 3.63) is 59.3 Å². The molecule has 0 bridgehead atoms. The van der Waals surface area contributed by atoms with Crippen molar-refractivity contribution in [1.29, 1.82) is 0 Å². The molecular formula is C44H54N10O5. The molecule has 59 heavy (non-hydrogen) atoms. The number of para-hydroxylation sites is 1.